The summed E-state index contributed by atoms with van der Waals surface area (Å²) in [7, 11) is -2.96. The lowest BCUT2D eigenvalue weighted by atomic mass is 10.1. The fourth-order valence-corrected chi connectivity index (χ4v) is 5.87. The van der Waals surface area contributed by atoms with Gasteiger partial charge in [0.05, 0.1) is 18.1 Å². The summed E-state index contributed by atoms with van der Waals surface area (Å²) >= 11 is 1.67. The van der Waals surface area contributed by atoms with Gasteiger partial charge < -0.3 is 4.52 Å². The van der Waals surface area contributed by atoms with Crippen molar-refractivity contribution in [2.45, 2.75) is 32.5 Å². The Labute approximate surface area is 162 Å². The molecule has 0 unspecified atom stereocenters. The molecule has 0 spiro atoms. The first-order valence-electron chi connectivity index (χ1n) is 8.85. The molecule has 0 radical (unpaired) electrons. The summed E-state index contributed by atoms with van der Waals surface area (Å²) in [6, 6.07) is 12.0. The highest BCUT2D eigenvalue weighted by molar-refractivity contribution is 7.91. The van der Waals surface area contributed by atoms with E-state index in [2.05, 4.69) is 21.1 Å². The van der Waals surface area contributed by atoms with Gasteiger partial charge in [0.2, 0.25) is 0 Å². The van der Waals surface area contributed by atoms with E-state index in [9.17, 15) is 8.42 Å². The molecule has 6 nitrogen and oxygen atoms in total. The first-order valence-corrected chi connectivity index (χ1v) is 11.6. The third kappa shape index (κ3) is 4.45. The van der Waals surface area contributed by atoms with E-state index in [4.69, 9.17) is 4.52 Å². The standard InChI is InChI=1S/C19H21N3O3S2/c1-14-4-2-5-15(10-14)19-20-18(21-25-19)12-22(11-17-6-3-8-26-17)16-7-9-27(23,24)13-16/h2-6,8,10,16H,7,9,11-13H2,1H3/t16-/m0/s1. The van der Waals surface area contributed by atoms with Crippen LogP contribution in [0, 0.1) is 6.92 Å². The van der Waals surface area contributed by atoms with Crippen molar-refractivity contribution >= 4 is 21.2 Å². The smallest absolute Gasteiger partial charge is 0.257 e. The molecule has 0 bridgehead atoms. The van der Waals surface area contributed by atoms with Crippen molar-refractivity contribution in [1.29, 1.82) is 0 Å². The third-order valence-corrected chi connectivity index (χ3v) is 7.35. The predicted molar refractivity (Wildman–Crippen MR) is 105 cm³/mol. The van der Waals surface area contributed by atoms with E-state index < -0.39 is 9.84 Å². The molecule has 2 aromatic heterocycles. The monoisotopic (exact) mass is 403 g/mol. The van der Waals surface area contributed by atoms with E-state index in [-0.39, 0.29) is 17.5 Å². The SMILES string of the molecule is Cc1cccc(-c2nc(CN(Cc3cccs3)[C@H]3CCS(=O)(=O)C3)no2)c1. The topological polar surface area (TPSA) is 76.3 Å². The number of thiophene rings is 1. The molecule has 1 atom stereocenters. The highest BCUT2D eigenvalue weighted by atomic mass is 32.2. The average Bonchev–Trinajstić information content (AvgIpc) is 3.35. The van der Waals surface area contributed by atoms with Crippen molar-refractivity contribution in [3.8, 4) is 11.5 Å². The van der Waals surface area contributed by atoms with Crippen LogP contribution in [0.3, 0.4) is 0 Å². The minimum atomic E-state index is -2.96. The molecule has 1 aromatic carbocycles. The maximum absolute atomic E-state index is 11.9. The first-order chi connectivity index (χ1) is 13.0. The fourth-order valence-electron chi connectivity index (χ4n) is 3.38. The van der Waals surface area contributed by atoms with Crippen LogP contribution in [-0.2, 0) is 22.9 Å². The Morgan fingerprint density at radius 1 is 1.26 bits per heavy atom. The van der Waals surface area contributed by atoms with Gasteiger partial charge >= 0.3 is 0 Å². The first kappa shape index (κ1) is 18.3. The Hall–Kier alpha value is -2.03. The third-order valence-electron chi connectivity index (χ3n) is 4.74. The summed E-state index contributed by atoms with van der Waals surface area (Å²) in [4.78, 5) is 7.88. The van der Waals surface area contributed by atoms with Gasteiger partial charge in [-0.25, -0.2) is 8.42 Å². The highest BCUT2D eigenvalue weighted by Gasteiger charge is 2.33. The van der Waals surface area contributed by atoms with Crippen molar-refractivity contribution in [2.75, 3.05) is 11.5 Å². The van der Waals surface area contributed by atoms with E-state index in [1.807, 2.05) is 42.6 Å². The van der Waals surface area contributed by atoms with E-state index in [0.717, 1.165) is 11.1 Å². The van der Waals surface area contributed by atoms with Gasteiger partial charge in [-0.15, -0.1) is 11.3 Å². The minimum absolute atomic E-state index is 0.0157. The van der Waals surface area contributed by atoms with Crippen LogP contribution >= 0.6 is 11.3 Å². The second kappa shape index (κ2) is 7.53. The van der Waals surface area contributed by atoms with Crippen LogP contribution in [0.5, 0.6) is 0 Å². The zero-order chi connectivity index (χ0) is 18.9. The summed E-state index contributed by atoms with van der Waals surface area (Å²) in [6.07, 6.45) is 0.649. The number of rotatable bonds is 6. The molecule has 1 fully saturated rings. The Morgan fingerprint density at radius 3 is 2.85 bits per heavy atom. The zero-order valence-electron chi connectivity index (χ0n) is 15.0. The number of hydrogen-bond acceptors (Lipinski definition) is 7. The minimum Gasteiger partial charge on any atom is -0.334 e. The van der Waals surface area contributed by atoms with Gasteiger partial charge in [0.15, 0.2) is 15.7 Å². The van der Waals surface area contributed by atoms with Crippen molar-refractivity contribution in [3.05, 3.63) is 58.0 Å². The second-order valence-electron chi connectivity index (χ2n) is 6.93. The lowest BCUT2D eigenvalue weighted by molar-refractivity contribution is 0.189. The largest absolute Gasteiger partial charge is 0.334 e. The molecule has 0 saturated carbocycles. The lowest BCUT2D eigenvalue weighted by Gasteiger charge is -2.26. The van der Waals surface area contributed by atoms with Crippen molar-refractivity contribution in [1.82, 2.24) is 15.0 Å². The summed E-state index contributed by atoms with van der Waals surface area (Å²) < 4.78 is 29.3. The van der Waals surface area contributed by atoms with E-state index in [1.165, 1.54) is 4.88 Å². The van der Waals surface area contributed by atoms with Gasteiger partial charge in [-0.05, 0) is 36.9 Å². The molecule has 8 heteroatoms. The quantitative estimate of drug-likeness (QED) is 0.629. The number of hydrogen-bond donors (Lipinski definition) is 0. The van der Waals surface area contributed by atoms with E-state index >= 15 is 0 Å². The van der Waals surface area contributed by atoms with Crippen LogP contribution < -0.4 is 0 Å². The predicted octanol–water partition coefficient (Wildman–Crippen LogP) is 3.30. The molecule has 4 rings (SSSR count). The molecule has 0 N–H and O–H groups in total. The van der Waals surface area contributed by atoms with Crippen LogP contribution in [-0.4, -0.2) is 41.0 Å². The molecule has 1 aliphatic rings. The zero-order valence-corrected chi connectivity index (χ0v) is 16.7. The lowest BCUT2D eigenvalue weighted by Crippen LogP contribution is -2.35. The molecule has 142 valence electrons. The highest BCUT2D eigenvalue weighted by Crippen LogP contribution is 2.24. The molecular formula is C19H21N3O3S2. The van der Waals surface area contributed by atoms with Gasteiger partial charge in [-0.3, -0.25) is 4.90 Å². The Balaban J connectivity index is 1.54. The maximum Gasteiger partial charge on any atom is 0.257 e. The van der Waals surface area contributed by atoms with Gasteiger partial charge in [0.25, 0.3) is 5.89 Å². The van der Waals surface area contributed by atoms with Gasteiger partial charge in [-0.2, -0.15) is 4.98 Å². The molecule has 27 heavy (non-hydrogen) atoms. The summed E-state index contributed by atoms with van der Waals surface area (Å²) in [6.45, 7) is 3.17. The fraction of sp³-hybridized carbons (Fsp3) is 0.368. The second-order valence-corrected chi connectivity index (χ2v) is 10.2. The van der Waals surface area contributed by atoms with Gasteiger partial charge in [0, 0.05) is 23.0 Å². The molecule has 3 aromatic rings. The normalized spacial score (nSPS) is 19.0. The van der Waals surface area contributed by atoms with Crippen molar-refractivity contribution < 1.29 is 12.9 Å². The molecule has 3 heterocycles. The van der Waals surface area contributed by atoms with Crippen LogP contribution in [0.15, 0.2) is 46.3 Å². The number of nitrogens with zero attached hydrogens (tertiary/aromatic N) is 3. The summed E-state index contributed by atoms with van der Waals surface area (Å²) in [5, 5.41) is 6.16. The van der Waals surface area contributed by atoms with Crippen LogP contribution in [0.25, 0.3) is 11.5 Å². The van der Waals surface area contributed by atoms with E-state index in [1.54, 1.807) is 11.3 Å². The Morgan fingerprint density at radius 2 is 2.15 bits per heavy atom. The average molecular weight is 404 g/mol. The maximum atomic E-state index is 11.9. The van der Waals surface area contributed by atoms with Crippen LogP contribution in [0.1, 0.15) is 22.7 Å². The molecule has 0 aliphatic carbocycles. The molecular weight excluding hydrogens is 382 g/mol. The molecule has 1 aliphatic heterocycles. The van der Waals surface area contributed by atoms with E-state index in [0.29, 0.717) is 31.2 Å². The number of aryl methyl sites for hydroxylation is 1. The summed E-state index contributed by atoms with van der Waals surface area (Å²) in [5.74, 6) is 1.51. The Bertz CT molecular complexity index is 1010. The Kier molecular flexibility index (Phi) is 5.12. The number of aromatic nitrogens is 2. The molecule has 1 saturated heterocycles. The summed E-state index contributed by atoms with van der Waals surface area (Å²) in [5.41, 5.74) is 2.02. The number of benzene rings is 1. The van der Waals surface area contributed by atoms with Crippen LogP contribution in [0.4, 0.5) is 0 Å². The van der Waals surface area contributed by atoms with Crippen LogP contribution in [0.2, 0.25) is 0 Å². The molecule has 0 amide bonds. The van der Waals surface area contributed by atoms with Crippen molar-refractivity contribution in [2.24, 2.45) is 0 Å². The van der Waals surface area contributed by atoms with Crippen molar-refractivity contribution in [3.63, 3.8) is 0 Å². The van der Waals surface area contributed by atoms with Gasteiger partial charge in [0.1, 0.15) is 0 Å². The number of sulfone groups is 1. The van der Waals surface area contributed by atoms with Gasteiger partial charge in [-0.1, -0.05) is 28.9 Å².